The van der Waals surface area contributed by atoms with Crippen molar-refractivity contribution in [3.63, 3.8) is 0 Å². The van der Waals surface area contributed by atoms with Gasteiger partial charge in [-0.2, -0.15) is 0 Å². The molecule has 7 nitrogen and oxygen atoms in total. The average molecular weight is 595 g/mol. The molecular formula is C33H58O7Si. The molecule has 0 heterocycles. The van der Waals surface area contributed by atoms with E-state index in [2.05, 4.69) is 39.2 Å². The number of methoxy groups -OCH3 is 2. The molecule has 0 unspecified atom stereocenters. The van der Waals surface area contributed by atoms with E-state index >= 15 is 0 Å². The predicted molar refractivity (Wildman–Crippen MR) is 169 cm³/mol. The summed E-state index contributed by atoms with van der Waals surface area (Å²) < 4.78 is 29.0. The average Bonchev–Trinajstić information content (AvgIpc) is 2.89. The lowest BCUT2D eigenvalue weighted by Gasteiger charge is -2.41. The number of hydrogen-bond acceptors (Lipinski definition) is 7. The van der Waals surface area contributed by atoms with Crippen LogP contribution in [0.15, 0.2) is 35.5 Å². The van der Waals surface area contributed by atoms with E-state index in [1.54, 1.807) is 14.0 Å². The molecule has 8 heteroatoms. The maximum Gasteiger partial charge on any atom is 0.311 e. The number of ether oxygens (including phenoxy) is 5. The van der Waals surface area contributed by atoms with Crippen LogP contribution < -0.4 is 4.74 Å². The van der Waals surface area contributed by atoms with E-state index in [4.69, 9.17) is 23.7 Å². The fourth-order valence-corrected chi connectivity index (χ4v) is 6.44. The van der Waals surface area contributed by atoms with Gasteiger partial charge in [0.15, 0.2) is 0 Å². The molecular weight excluding hydrogens is 536 g/mol. The van der Waals surface area contributed by atoms with Crippen molar-refractivity contribution in [3.05, 3.63) is 41.1 Å². The van der Waals surface area contributed by atoms with E-state index in [0.717, 1.165) is 37.0 Å². The largest absolute Gasteiger partial charge is 0.497 e. The van der Waals surface area contributed by atoms with Gasteiger partial charge in [-0.1, -0.05) is 69.2 Å². The van der Waals surface area contributed by atoms with Gasteiger partial charge < -0.3 is 28.8 Å². The highest BCUT2D eigenvalue weighted by atomic mass is 28.3. The molecule has 1 N–H and O–H groups in total. The number of carbonyl (C=O) groups is 1. The van der Waals surface area contributed by atoms with E-state index in [1.165, 1.54) is 12.7 Å². The molecule has 0 aromatic heterocycles. The summed E-state index contributed by atoms with van der Waals surface area (Å²) in [5.41, 5.74) is 2.77. The van der Waals surface area contributed by atoms with Crippen LogP contribution in [0.3, 0.4) is 0 Å². The SMILES string of the molecule is CCCCC[C@H](OCc1ccc(OC)cc1)[C@@H](C/C(C)=C/[Si](C)(C)C)[C@H](O)[C@](C)(COC(=O)C(C)(C)C)OCOC. The molecule has 0 aliphatic carbocycles. The number of hydrogen-bond donors (Lipinski definition) is 1. The van der Waals surface area contributed by atoms with Crippen molar-refractivity contribution in [1.82, 2.24) is 0 Å². The fourth-order valence-electron chi connectivity index (χ4n) is 4.84. The molecule has 0 fully saturated rings. The second-order valence-corrected chi connectivity index (χ2v) is 18.6. The Hall–Kier alpha value is -1.71. The highest BCUT2D eigenvalue weighted by Gasteiger charge is 2.44. The number of rotatable bonds is 19. The molecule has 236 valence electrons. The molecule has 0 amide bonds. The van der Waals surface area contributed by atoms with Gasteiger partial charge in [0, 0.05) is 13.0 Å². The number of aliphatic hydroxyl groups excluding tert-OH is 1. The highest BCUT2D eigenvalue weighted by molar-refractivity contribution is 6.81. The van der Waals surface area contributed by atoms with Gasteiger partial charge in [-0.05, 0) is 65.2 Å². The molecule has 1 aromatic carbocycles. The van der Waals surface area contributed by atoms with Gasteiger partial charge in [-0.15, -0.1) is 0 Å². The Kier molecular flexibility index (Phi) is 15.8. The topological polar surface area (TPSA) is 83.5 Å². The van der Waals surface area contributed by atoms with Crippen LogP contribution in [0, 0.1) is 11.3 Å². The lowest BCUT2D eigenvalue weighted by molar-refractivity contribution is -0.216. The number of allylic oxidation sites excluding steroid dienone is 1. The first kappa shape index (κ1) is 37.3. The lowest BCUT2D eigenvalue weighted by Crippen LogP contribution is -2.54. The number of benzene rings is 1. The summed E-state index contributed by atoms with van der Waals surface area (Å²) in [7, 11) is 1.69. The van der Waals surface area contributed by atoms with Gasteiger partial charge >= 0.3 is 5.97 Å². The quantitative estimate of drug-likeness (QED) is 0.0777. The van der Waals surface area contributed by atoms with Crippen molar-refractivity contribution < 1.29 is 33.6 Å². The zero-order valence-electron chi connectivity index (χ0n) is 27.7. The maximum atomic E-state index is 12.7. The minimum atomic E-state index is -1.50. The molecule has 0 aliphatic heterocycles. The van der Waals surface area contributed by atoms with Crippen LogP contribution in [0.2, 0.25) is 19.6 Å². The monoisotopic (exact) mass is 594 g/mol. The Morgan fingerprint density at radius 2 is 1.68 bits per heavy atom. The Morgan fingerprint density at radius 3 is 2.20 bits per heavy atom. The summed E-state index contributed by atoms with van der Waals surface area (Å²) in [5.74, 6) is 0.149. The third-order valence-corrected chi connectivity index (χ3v) is 8.43. The van der Waals surface area contributed by atoms with Crippen LogP contribution in [-0.2, 0) is 30.3 Å². The zero-order valence-corrected chi connectivity index (χ0v) is 28.7. The number of aliphatic hydroxyl groups is 1. The summed E-state index contributed by atoms with van der Waals surface area (Å²) in [6.07, 6.45) is 3.36. The first-order chi connectivity index (χ1) is 19.1. The normalized spacial score (nSPS) is 16.5. The van der Waals surface area contributed by atoms with Crippen molar-refractivity contribution in [2.75, 3.05) is 27.6 Å². The smallest absolute Gasteiger partial charge is 0.311 e. The molecule has 0 spiro atoms. The fraction of sp³-hybridized carbons (Fsp3) is 0.727. The number of esters is 1. The van der Waals surface area contributed by atoms with Crippen molar-refractivity contribution in [2.45, 2.75) is 118 Å². The summed E-state index contributed by atoms with van der Waals surface area (Å²) in [6, 6.07) is 7.86. The maximum absolute atomic E-state index is 12.7. The van der Waals surface area contributed by atoms with Crippen molar-refractivity contribution in [1.29, 1.82) is 0 Å². The van der Waals surface area contributed by atoms with Crippen LogP contribution >= 0.6 is 0 Å². The molecule has 0 saturated carbocycles. The van der Waals surface area contributed by atoms with Crippen LogP contribution in [-0.4, -0.2) is 64.6 Å². The van der Waals surface area contributed by atoms with Crippen LogP contribution in [0.1, 0.15) is 79.2 Å². The van der Waals surface area contributed by atoms with Gasteiger partial charge in [0.25, 0.3) is 0 Å². The Labute approximate surface area is 250 Å². The van der Waals surface area contributed by atoms with Crippen molar-refractivity contribution >= 4 is 14.0 Å². The molecule has 41 heavy (non-hydrogen) atoms. The van der Waals surface area contributed by atoms with E-state index in [9.17, 15) is 9.90 Å². The number of carbonyl (C=O) groups excluding carboxylic acids is 1. The van der Waals surface area contributed by atoms with E-state index in [1.807, 2.05) is 45.0 Å². The molecule has 0 aliphatic rings. The molecule has 1 rings (SSSR count). The summed E-state index contributed by atoms with van der Waals surface area (Å²) in [6.45, 7) is 18.7. The highest BCUT2D eigenvalue weighted by Crippen LogP contribution is 2.34. The standard InChI is InChI=1S/C33H58O7Si/c1-12-13-14-15-29(38-21-26-16-18-27(37-8)19-17-26)28(20-25(2)22-41(9,10)11)30(34)33(6,40-24-36-7)23-39-31(35)32(3,4)5/h16-19,22,28-30,34H,12-15,20-21,23-24H2,1-11H3/b25-22+/t28-,29+,30+,33+/m1/s1. The van der Waals surface area contributed by atoms with Gasteiger partial charge in [0.05, 0.1) is 39.4 Å². The van der Waals surface area contributed by atoms with Crippen LogP contribution in [0.25, 0.3) is 0 Å². The van der Waals surface area contributed by atoms with Crippen LogP contribution in [0.4, 0.5) is 0 Å². The number of unbranched alkanes of at least 4 members (excludes halogenated alkanes) is 2. The van der Waals surface area contributed by atoms with Crippen molar-refractivity contribution in [2.24, 2.45) is 11.3 Å². The van der Waals surface area contributed by atoms with E-state index in [-0.39, 0.29) is 31.4 Å². The third kappa shape index (κ3) is 13.9. The summed E-state index contributed by atoms with van der Waals surface area (Å²) in [5, 5.41) is 12.1. The van der Waals surface area contributed by atoms with Gasteiger partial charge in [-0.25, -0.2) is 0 Å². The summed E-state index contributed by atoms with van der Waals surface area (Å²) >= 11 is 0. The minimum Gasteiger partial charge on any atom is -0.497 e. The second-order valence-electron chi connectivity index (χ2n) is 13.6. The third-order valence-electron chi connectivity index (χ3n) is 7.07. The first-order valence-corrected chi connectivity index (χ1v) is 18.5. The second kappa shape index (κ2) is 17.4. The molecule has 4 atom stereocenters. The van der Waals surface area contributed by atoms with Gasteiger partial charge in [0.1, 0.15) is 24.8 Å². The van der Waals surface area contributed by atoms with E-state index in [0.29, 0.717) is 13.0 Å². The Balaban J connectivity index is 3.45. The minimum absolute atomic E-state index is 0.0374. The van der Waals surface area contributed by atoms with Crippen LogP contribution in [0.5, 0.6) is 5.75 Å². The molecule has 0 saturated heterocycles. The molecule has 0 radical (unpaired) electrons. The predicted octanol–water partition coefficient (Wildman–Crippen LogP) is 7.32. The molecule has 1 aromatic rings. The van der Waals surface area contributed by atoms with Gasteiger partial charge in [0.2, 0.25) is 0 Å². The zero-order chi connectivity index (χ0) is 31.3. The van der Waals surface area contributed by atoms with E-state index < -0.39 is 25.2 Å². The Morgan fingerprint density at radius 1 is 1.05 bits per heavy atom. The van der Waals surface area contributed by atoms with Gasteiger partial charge in [-0.3, -0.25) is 4.79 Å². The Bertz CT molecular complexity index is 917. The first-order valence-electron chi connectivity index (χ1n) is 15.0. The lowest BCUT2D eigenvalue weighted by atomic mass is 9.79. The summed E-state index contributed by atoms with van der Waals surface area (Å²) in [4.78, 5) is 12.7. The van der Waals surface area contributed by atoms with Crippen molar-refractivity contribution in [3.8, 4) is 5.75 Å². The molecule has 0 bridgehead atoms.